The second-order valence-electron chi connectivity index (χ2n) is 7.54. The predicted molar refractivity (Wildman–Crippen MR) is 129 cm³/mol. The number of ether oxygens (including phenoxy) is 2. The van der Waals surface area contributed by atoms with Crippen LogP contribution in [0, 0.1) is 0 Å². The largest absolute Gasteiger partial charge is 0.496 e. The smallest absolute Gasteiger partial charge is 0.356 e. The van der Waals surface area contributed by atoms with Gasteiger partial charge in [-0.3, -0.25) is 0 Å². The Morgan fingerprint density at radius 2 is 1.39 bits per heavy atom. The summed E-state index contributed by atoms with van der Waals surface area (Å²) in [6, 6.07) is 11.0. The highest BCUT2D eigenvalue weighted by molar-refractivity contribution is 5.93. The zero-order valence-electron chi connectivity index (χ0n) is 19.3. The van der Waals surface area contributed by atoms with Crippen LogP contribution >= 0.6 is 0 Å². The second-order valence-corrected chi connectivity index (χ2v) is 7.54. The number of hydrogen-bond donors (Lipinski definition) is 3. The van der Waals surface area contributed by atoms with Gasteiger partial charge in [0.15, 0.2) is 11.4 Å². The second kappa shape index (κ2) is 10.5. The summed E-state index contributed by atoms with van der Waals surface area (Å²) in [6.07, 6.45) is 5.50. The third-order valence-electron chi connectivity index (χ3n) is 5.38. The molecule has 0 saturated carbocycles. The lowest BCUT2D eigenvalue weighted by Crippen LogP contribution is -2.07. The molecule has 0 atom stereocenters. The predicted octanol–water partition coefficient (Wildman–Crippen LogP) is 3.68. The van der Waals surface area contributed by atoms with Crippen LogP contribution in [0.2, 0.25) is 0 Å². The molecule has 182 valence electrons. The van der Waals surface area contributed by atoms with E-state index in [-0.39, 0.29) is 23.5 Å². The number of rotatable bonds is 9. The van der Waals surface area contributed by atoms with Crippen molar-refractivity contribution in [2.45, 2.75) is 6.42 Å². The molecule has 36 heavy (non-hydrogen) atoms. The summed E-state index contributed by atoms with van der Waals surface area (Å²) in [7, 11) is 3.05. The van der Waals surface area contributed by atoms with E-state index in [0.29, 0.717) is 22.7 Å². The first kappa shape index (κ1) is 24.1. The number of carboxylic acid groups (broad SMARTS) is 2. The summed E-state index contributed by atoms with van der Waals surface area (Å²) in [6.45, 7) is 0. The van der Waals surface area contributed by atoms with Crippen LogP contribution in [0.4, 0.5) is 11.4 Å². The molecular formula is C25H21N5O6. The molecule has 0 saturated heterocycles. The average Bonchev–Trinajstić information content (AvgIpc) is 2.89. The molecule has 3 N–H and O–H groups in total. The van der Waals surface area contributed by atoms with E-state index >= 15 is 0 Å². The number of nitrogens with zero attached hydrogens (tertiary/aromatic N) is 4. The topological polar surface area (TPSA) is 157 Å². The minimum atomic E-state index is -1.18. The fourth-order valence-electron chi connectivity index (χ4n) is 3.67. The number of carbonyl (C=O) groups is 2. The summed E-state index contributed by atoms with van der Waals surface area (Å²) < 4.78 is 11.1. The van der Waals surface area contributed by atoms with E-state index in [4.69, 9.17) is 9.47 Å². The van der Waals surface area contributed by atoms with Crippen molar-refractivity contribution in [3.63, 3.8) is 0 Å². The lowest BCUT2D eigenvalue weighted by atomic mass is 9.98. The number of anilines is 2. The molecule has 2 aromatic heterocycles. The van der Waals surface area contributed by atoms with Crippen LogP contribution in [-0.4, -0.2) is 56.3 Å². The molecule has 2 aromatic carbocycles. The van der Waals surface area contributed by atoms with Gasteiger partial charge in [-0.05, 0) is 34.9 Å². The maximum atomic E-state index is 11.5. The lowest BCUT2D eigenvalue weighted by Gasteiger charge is -2.15. The van der Waals surface area contributed by atoms with Crippen LogP contribution in [0.15, 0.2) is 61.4 Å². The third kappa shape index (κ3) is 5.04. The third-order valence-corrected chi connectivity index (χ3v) is 5.38. The standard InChI is InChI=1S/C25H21N5O6/c1-35-20-8-14(3-4-16(20)7-17-10-26-12-28-22(17)24(31)32)15-5-6-18(21(9-15)36-2)30-19-11-27-13-29-23(19)25(33)34/h3-6,8-13,30H,7H2,1-2H3,(H,31,32)(H,33,34). The van der Waals surface area contributed by atoms with Crippen LogP contribution in [0.25, 0.3) is 11.1 Å². The zero-order chi connectivity index (χ0) is 25.7. The van der Waals surface area contributed by atoms with Crippen molar-refractivity contribution in [2.75, 3.05) is 19.5 Å². The Bertz CT molecular complexity index is 1330. The highest BCUT2D eigenvalue weighted by atomic mass is 16.5. The quantitative estimate of drug-likeness (QED) is 0.316. The fourth-order valence-corrected chi connectivity index (χ4v) is 3.67. The van der Waals surface area contributed by atoms with Crippen molar-refractivity contribution in [3.8, 4) is 22.6 Å². The molecule has 0 radical (unpaired) electrons. The Morgan fingerprint density at radius 1 is 0.778 bits per heavy atom. The normalized spacial score (nSPS) is 10.5. The maximum Gasteiger partial charge on any atom is 0.356 e. The zero-order valence-corrected chi connectivity index (χ0v) is 19.3. The van der Waals surface area contributed by atoms with E-state index in [1.165, 1.54) is 39.3 Å². The van der Waals surface area contributed by atoms with E-state index in [2.05, 4.69) is 25.3 Å². The first-order valence-corrected chi connectivity index (χ1v) is 10.6. The number of aromatic nitrogens is 4. The van der Waals surface area contributed by atoms with Crippen LogP contribution in [0.3, 0.4) is 0 Å². The van der Waals surface area contributed by atoms with Gasteiger partial charge in [0.25, 0.3) is 0 Å². The van der Waals surface area contributed by atoms with Gasteiger partial charge in [-0.15, -0.1) is 0 Å². The van der Waals surface area contributed by atoms with Gasteiger partial charge < -0.3 is 25.0 Å². The molecule has 0 bridgehead atoms. The summed E-state index contributed by atoms with van der Waals surface area (Å²) in [5.74, 6) is -1.26. The highest BCUT2D eigenvalue weighted by Gasteiger charge is 2.17. The van der Waals surface area contributed by atoms with Crippen LogP contribution in [-0.2, 0) is 6.42 Å². The Hall–Kier alpha value is -5.06. The van der Waals surface area contributed by atoms with Gasteiger partial charge in [-0.1, -0.05) is 18.2 Å². The van der Waals surface area contributed by atoms with Gasteiger partial charge in [0.2, 0.25) is 0 Å². The summed E-state index contributed by atoms with van der Waals surface area (Å²) in [4.78, 5) is 38.4. The molecule has 0 aliphatic heterocycles. The van der Waals surface area contributed by atoms with Crippen molar-refractivity contribution in [2.24, 2.45) is 0 Å². The molecule has 0 aliphatic rings. The van der Waals surface area contributed by atoms with Crippen molar-refractivity contribution in [1.82, 2.24) is 19.9 Å². The molecule has 11 heteroatoms. The monoisotopic (exact) mass is 487 g/mol. The van der Waals surface area contributed by atoms with Crippen molar-refractivity contribution < 1.29 is 29.3 Å². The molecule has 4 rings (SSSR count). The van der Waals surface area contributed by atoms with Crippen molar-refractivity contribution in [3.05, 3.63) is 84.0 Å². The molecule has 0 amide bonds. The first-order valence-electron chi connectivity index (χ1n) is 10.6. The lowest BCUT2D eigenvalue weighted by molar-refractivity contribution is 0.0679. The minimum absolute atomic E-state index is 0.0566. The molecular weight excluding hydrogens is 466 g/mol. The Labute approximate surface area is 205 Å². The highest BCUT2D eigenvalue weighted by Crippen LogP contribution is 2.35. The molecule has 0 fully saturated rings. The fraction of sp³-hybridized carbons (Fsp3) is 0.120. The van der Waals surface area contributed by atoms with Crippen molar-refractivity contribution >= 4 is 23.3 Å². The van der Waals surface area contributed by atoms with Gasteiger partial charge in [-0.25, -0.2) is 29.5 Å². The summed E-state index contributed by atoms with van der Waals surface area (Å²) >= 11 is 0. The Kier molecular flexibility index (Phi) is 7.00. The number of benzene rings is 2. The van der Waals surface area contributed by atoms with E-state index in [9.17, 15) is 19.8 Å². The van der Waals surface area contributed by atoms with Gasteiger partial charge in [-0.2, -0.15) is 0 Å². The van der Waals surface area contributed by atoms with Gasteiger partial charge in [0, 0.05) is 18.2 Å². The molecule has 2 heterocycles. The minimum Gasteiger partial charge on any atom is -0.496 e. The van der Waals surface area contributed by atoms with Gasteiger partial charge in [0.05, 0.1) is 31.8 Å². The Morgan fingerprint density at radius 3 is 2.06 bits per heavy atom. The number of carboxylic acids is 2. The molecule has 0 aliphatic carbocycles. The number of nitrogens with one attached hydrogen (secondary N) is 1. The van der Waals surface area contributed by atoms with Crippen molar-refractivity contribution in [1.29, 1.82) is 0 Å². The number of hydrogen-bond acceptors (Lipinski definition) is 9. The van der Waals surface area contributed by atoms with E-state index < -0.39 is 11.9 Å². The van der Waals surface area contributed by atoms with Gasteiger partial charge in [0.1, 0.15) is 24.2 Å². The molecule has 0 spiro atoms. The van der Waals surface area contributed by atoms with Crippen LogP contribution in [0.1, 0.15) is 32.1 Å². The molecule has 11 nitrogen and oxygen atoms in total. The van der Waals surface area contributed by atoms with E-state index in [0.717, 1.165) is 16.7 Å². The Balaban J connectivity index is 1.64. The summed E-state index contributed by atoms with van der Waals surface area (Å²) in [5, 5.41) is 21.8. The average molecular weight is 487 g/mol. The SMILES string of the molecule is COc1cc(-c2ccc(Nc3cncnc3C(=O)O)c(OC)c2)ccc1Cc1cncnc1C(=O)O. The van der Waals surface area contributed by atoms with Gasteiger partial charge >= 0.3 is 11.9 Å². The van der Waals surface area contributed by atoms with Crippen LogP contribution < -0.4 is 14.8 Å². The number of methoxy groups -OCH3 is 2. The maximum absolute atomic E-state index is 11.5. The van der Waals surface area contributed by atoms with E-state index in [1.807, 2.05) is 24.3 Å². The number of aromatic carboxylic acids is 2. The van der Waals surface area contributed by atoms with Crippen LogP contribution in [0.5, 0.6) is 11.5 Å². The first-order chi connectivity index (χ1) is 17.4. The van der Waals surface area contributed by atoms with E-state index in [1.54, 1.807) is 12.1 Å². The molecule has 4 aromatic rings. The molecule has 0 unspecified atom stereocenters. The summed E-state index contributed by atoms with van der Waals surface area (Å²) in [5.41, 5.74) is 3.44.